The highest BCUT2D eigenvalue weighted by Crippen LogP contribution is 2.34. The molecule has 2 aliphatic rings. The van der Waals surface area contributed by atoms with Gasteiger partial charge in [-0.2, -0.15) is 0 Å². The maximum absolute atomic E-state index is 5.55. The Balaban J connectivity index is 1.64. The van der Waals surface area contributed by atoms with Gasteiger partial charge < -0.3 is 14.8 Å². The molecule has 1 aliphatic carbocycles. The van der Waals surface area contributed by atoms with Gasteiger partial charge >= 0.3 is 0 Å². The van der Waals surface area contributed by atoms with Crippen LogP contribution in [0.15, 0.2) is 0 Å². The van der Waals surface area contributed by atoms with Crippen molar-refractivity contribution < 1.29 is 9.47 Å². The molecule has 1 aliphatic heterocycles. The summed E-state index contributed by atoms with van der Waals surface area (Å²) in [7, 11) is 1.72. The Hall–Kier alpha value is -0.160. The van der Waals surface area contributed by atoms with Gasteiger partial charge in [-0.05, 0) is 44.1 Å². The number of nitrogens with one attached hydrogen (secondary N) is 1. The topological polar surface area (TPSA) is 33.7 Å². The lowest BCUT2D eigenvalue weighted by molar-refractivity contribution is 0.0614. The maximum atomic E-state index is 5.55. The van der Waals surface area contributed by atoms with E-state index in [-0.39, 0.29) is 0 Å². The summed E-state index contributed by atoms with van der Waals surface area (Å²) >= 11 is 0. The fraction of sp³-hybridized carbons (Fsp3) is 1.00. The molecule has 1 heterocycles. The first kappa shape index (κ1) is 17.2. The van der Waals surface area contributed by atoms with Crippen LogP contribution < -0.4 is 5.32 Å². The molecule has 0 aromatic heterocycles. The second kappa shape index (κ2) is 9.09. The first-order valence-electron chi connectivity index (χ1n) is 8.76. The van der Waals surface area contributed by atoms with E-state index in [2.05, 4.69) is 24.1 Å². The van der Waals surface area contributed by atoms with Crippen molar-refractivity contribution in [3.8, 4) is 0 Å². The van der Waals surface area contributed by atoms with Gasteiger partial charge in [-0.15, -0.1) is 0 Å². The van der Waals surface area contributed by atoms with Gasteiger partial charge in [0.2, 0.25) is 0 Å². The molecule has 21 heavy (non-hydrogen) atoms. The summed E-state index contributed by atoms with van der Waals surface area (Å²) in [5.74, 6) is 1.69. The quantitative estimate of drug-likeness (QED) is 0.627. The molecule has 4 heteroatoms. The monoisotopic (exact) mass is 298 g/mol. The third-order valence-electron chi connectivity index (χ3n) is 4.87. The van der Waals surface area contributed by atoms with Crippen molar-refractivity contribution in [1.29, 1.82) is 0 Å². The van der Waals surface area contributed by atoms with Crippen LogP contribution in [0.25, 0.3) is 0 Å². The molecular weight excluding hydrogens is 264 g/mol. The van der Waals surface area contributed by atoms with E-state index < -0.39 is 0 Å². The van der Waals surface area contributed by atoms with Crippen molar-refractivity contribution in [1.82, 2.24) is 10.2 Å². The van der Waals surface area contributed by atoms with Crippen molar-refractivity contribution in [2.45, 2.75) is 51.6 Å². The SMILES string of the molecule is COCCOCCCCN1CC(C2CC2)NCC1C(C)C. The standard InChI is InChI=1S/C17H34N2O2/c1-14(2)17-12-18-16(15-6-7-15)13-19(17)8-4-5-9-21-11-10-20-3/h14-18H,4-13H2,1-3H3. The number of nitrogens with zero attached hydrogens (tertiary/aromatic N) is 1. The van der Waals surface area contributed by atoms with Crippen LogP contribution in [0.4, 0.5) is 0 Å². The van der Waals surface area contributed by atoms with Crippen molar-refractivity contribution in [2.24, 2.45) is 11.8 Å². The van der Waals surface area contributed by atoms with Crippen LogP contribution in [0.1, 0.15) is 39.5 Å². The lowest BCUT2D eigenvalue weighted by Gasteiger charge is -2.42. The Morgan fingerprint density at radius 1 is 1.14 bits per heavy atom. The molecule has 0 radical (unpaired) electrons. The molecule has 1 N–H and O–H groups in total. The molecule has 124 valence electrons. The van der Waals surface area contributed by atoms with E-state index in [0.29, 0.717) is 12.6 Å². The third kappa shape index (κ3) is 5.85. The molecule has 0 aromatic rings. The van der Waals surface area contributed by atoms with Gasteiger partial charge in [-0.25, -0.2) is 0 Å². The summed E-state index contributed by atoms with van der Waals surface area (Å²) in [5.41, 5.74) is 0. The molecule has 1 saturated heterocycles. The lowest BCUT2D eigenvalue weighted by Crippen LogP contribution is -2.59. The van der Waals surface area contributed by atoms with Crippen molar-refractivity contribution >= 4 is 0 Å². The molecule has 2 atom stereocenters. The van der Waals surface area contributed by atoms with Gasteiger partial charge in [0, 0.05) is 38.9 Å². The molecule has 2 unspecified atom stereocenters. The Kier molecular flexibility index (Phi) is 7.44. The van der Waals surface area contributed by atoms with Gasteiger partial charge in [0.25, 0.3) is 0 Å². The number of rotatable bonds is 10. The zero-order chi connectivity index (χ0) is 15.1. The highest BCUT2D eigenvalue weighted by molar-refractivity contribution is 4.95. The molecule has 2 rings (SSSR count). The number of piperazine rings is 1. The zero-order valence-corrected chi connectivity index (χ0v) is 14.1. The summed E-state index contributed by atoms with van der Waals surface area (Å²) in [6, 6.07) is 1.45. The summed E-state index contributed by atoms with van der Waals surface area (Å²) in [4.78, 5) is 2.74. The van der Waals surface area contributed by atoms with Crippen LogP contribution in [-0.2, 0) is 9.47 Å². The Labute approximate surface area is 130 Å². The molecule has 0 aromatic carbocycles. The van der Waals surface area contributed by atoms with Crippen LogP contribution in [0.3, 0.4) is 0 Å². The lowest BCUT2D eigenvalue weighted by atomic mass is 9.96. The fourth-order valence-electron chi connectivity index (χ4n) is 3.35. The van der Waals surface area contributed by atoms with Gasteiger partial charge in [-0.3, -0.25) is 4.90 Å². The van der Waals surface area contributed by atoms with E-state index in [1.54, 1.807) is 7.11 Å². The smallest absolute Gasteiger partial charge is 0.0700 e. The minimum Gasteiger partial charge on any atom is -0.382 e. The van der Waals surface area contributed by atoms with Crippen LogP contribution in [-0.4, -0.2) is 63.5 Å². The minimum absolute atomic E-state index is 0.703. The predicted octanol–water partition coefficient (Wildman–Crippen LogP) is 2.14. The highest BCUT2D eigenvalue weighted by atomic mass is 16.5. The third-order valence-corrected chi connectivity index (χ3v) is 4.87. The summed E-state index contributed by atoms with van der Waals surface area (Å²) in [6.45, 7) is 10.6. The van der Waals surface area contributed by atoms with E-state index in [9.17, 15) is 0 Å². The van der Waals surface area contributed by atoms with Crippen LogP contribution in [0.2, 0.25) is 0 Å². The Morgan fingerprint density at radius 2 is 1.95 bits per heavy atom. The van der Waals surface area contributed by atoms with Gasteiger partial charge in [0.15, 0.2) is 0 Å². The van der Waals surface area contributed by atoms with E-state index in [1.807, 2.05) is 0 Å². The summed E-state index contributed by atoms with van der Waals surface area (Å²) in [6.07, 6.45) is 5.27. The van der Waals surface area contributed by atoms with Crippen LogP contribution in [0, 0.1) is 11.8 Å². The second-order valence-electron chi connectivity index (χ2n) is 6.97. The first-order valence-corrected chi connectivity index (χ1v) is 8.76. The van der Waals surface area contributed by atoms with Crippen LogP contribution >= 0.6 is 0 Å². The molecule has 1 saturated carbocycles. The average Bonchev–Trinajstić information content (AvgIpc) is 3.30. The van der Waals surface area contributed by atoms with Crippen molar-refractivity contribution in [3.63, 3.8) is 0 Å². The second-order valence-corrected chi connectivity index (χ2v) is 6.97. The Morgan fingerprint density at radius 3 is 2.62 bits per heavy atom. The largest absolute Gasteiger partial charge is 0.382 e. The first-order chi connectivity index (χ1) is 10.2. The Bertz CT molecular complexity index is 282. The number of ether oxygens (including phenoxy) is 2. The average molecular weight is 298 g/mol. The molecule has 4 nitrogen and oxygen atoms in total. The molecule has 0 spiro atoms. The maximum Gasteiger partial charge on any atom is 0.0700 e. The summed E-state index contributed by atoms with van der Waals surface area (Å²) < 4.78 is 10.5. The van der Waals surface area contributed by atoms with Crippen LogP contribution in [0.5, 0.6) is 0 Å². The van der Waals surface area contributed by atoms with Gasteiger partial charge in [-0.1, -0.05) is 13.8 Å². The minimum atomic E-state index is 0.703. The number of methoxy groups -OCH3 is 1. The summed E-state index contributed by atoms with van der Waals surface area (Å²) in [5, 5.41) is 3.79. The number of hydrogen-bond acceptors (Lipinski definition) is 4. The fourth-order valence-corrected chi connectivity index (χ4v) is 3.35. The normalized spacial score (nSPS) is 27.4. The predicted molar refractivity (Wildman–Crippen MR) is 86.6 cm³/mol. The molecular formula is C17H34N2O2. The van der Waals surface area contributed by atoms with Crippen molar-refractivity contribution in [3.05, 3.63) is 0 Å². The van der Waals surface area contributed by atoms with E-state index >= 15 is 0 Å². The molecule has 2 fully saturated rings. The van der Waals surface area contributed by atoms with Gasteiger partial charge in [0.05, 0.1) is 13.2 Å². The van der Waals surface area contributed by atoms with Gasteiger partial charge in [0.1, 0.15) is 0 Å². The van der Waals surface area contributed by atoms with Crippen molar-refractivity contribution in [2.75, 3.05) is 46.6 Å². The highest BCUT2D eigenvalue weighted by Gasteiger charge is 2.37. The number of hydrogen-bond donors (Lipinski definition) is 1. The number of unbranched alkanes of at least 4 members (excludes halogenated alkanes) is 1. The zero-order valence-electron chi connectivity index (χ0n) is 14.1. The van der Waals surface area contributed by atoms with E-state index in [4.69, 9.17) is 9.47 Å². The van der Waals surface area contributed by atoms with E-state index in [1.165, 1.54) is 38.9 Å². The van der Waals surface area contributed by atoms with E-state index in [0.717, 1.165) is 37.5 Å². The molecule has 0 amide bonds. The molecule has 0 bridgehead atoms.